The Kier molecular flexibility index (Phi) is 5.73. The summed E-state index contributed by atoms with van der Waals surface area (Å²) in [5.41, 5.74) is 2.19. The van der Waals surface area contributed by atoms with Crippen molar-refractivity contribution in [3.05, 3.63) is 65.4 Å². The van der Waals surface area contributed by atoms with Gasteiger partial charge in [-0.2, -0.15) is 0 Å². The van der Waals surface area contributed by atoms with Gasteiger partial charge >= 0.3 is 5.97 Å². The standard InChI is InChI=1S/C21H19N3O5/c1-12-18(15-8-3-4-9-16(15)23-12)19(26)21(28)24-14-7-5-6-13(10-14)20(27)22-11-17(25)29-2/h3-10,23H,11H2,1-2H3,(H,22,27)(H,24,28). The maximum Gasteiger partial charge on any atom is 0.325 e. The molecule has 2 amide bonds. The summed E-state index contributed by atoms with van der Waals surface area (Å²) >= 11 is 0. The topological polar surface area (TPSA) is 117 Å². The lowest BCUT2D eigenvalue weighted by atomic mass is 10.1. The number of Topliss-reactive ketones (excluding diaryl/α,β-unsaturated/α-hetero) is 1. The van der Waals surface area contributed by atoms with Crippen molar-refractivity contribution in [1.29, 1.82) is 0 Å². The summed E-state index contributed by atoms with van der Waals surface area (Å²) in [6.07, 6.45) is 0. The molecule has 0 saturated carbocycles. The van der Waals surface area contributed by atoms with E-state index in [1.807, 2.05) is 12.1 Å². The van der Waals surface area contributed by atoms with Gasteiger partial charge in [-0.3, -0.25) is 19.2 Å². The first-order chi connectivity index (χ1) is 13.9. The Morgan fingerprint density at radius 3 is 2.55 bits per heavy atom. The van der Waals surface area contributed by atoms with Gasteiger partial charge in [0.2, 0.25) is 0 Å². The van der Waals surface area contributed by atoms with Gasteiger partial charge in [-0.05, 0) is 31.2 Å². The van der Waals surface area contributed by atoms with Crippen molar-refractivity contribution in [3.8, 4) is 0 Å². The number of ether oxygens (including phenoxy) is 1. The maximum atomic E-state index is 12.7. The maximum absolute atomic E-state index is 12.7. The van der Waals surface area contributed by atoms with Crippen LogP contribution in [0.2, 0.25) is 0 Å². The van der Waals surface area contributed by atoms with Crippen LogP contribution in [0.5, 0.6) is 0 Å². The number of hydrogen-bond donors (Lipinski definition) is 3. The predicted molar refractivity (Wildman–Crippen MR) is 107 cm³/mol. The fourth-order valence-electron chi connectivity index (χ4n) is 2.94. The zero-order chi connectivity index (χ0) is 21.0. The van der Waals surface area contributed by atoms with E-state index in [-0.39, 0.29) is 17.8 Å². The second kappa shape index (κ2) is 8.39. The van der Waals surface area contributed by atoms with Crippen molar-refractivity contribution < 1.29 is 23.9 Å². The molecule has 3 rings (SSSR count). The summed E-state index contributed by atoms with van der Waals surface area (Å²) in [6, 6.07) is 13.3. The van der Waals surface area contributed by atoms with E-state index < -0.39 is 23.6 Å². The average molecular weight is 393 g/mol. The SMILES string of the molecule is COC(=O)CNC(=O)c1cccc(NC(=O)C(=O)c2c(C)[nH]c3ccccc23)c1. The first-order valence-electron chi connectivity index (χ1n) is 8.78. The fourth-order valence-corrected chi connectivity index (χ4v) is 2.94. The number of hydrogen-bond acceptors (Lipinski definition) is 5. The minimum atomic E-state index is -0.815. The third-order valence-corrected chi connectivity index (χ3v) is 4.33. The molecule has 0 spiro atoms. The number of amides is 2. The molecule has 0 aliphatic rings. The molecule has 3 aromatic rings. The average Bonchev–Trinajstić information content (AvgIpc) is 3.06. The van der Waals surface area contributed by atoms with Crippen molar-refractivity contribution in [2.45, 2.75) is 6.92 Å². The van der Waals surface area contributed by atoms with E-state index in [1.54, 1.807) is 31.2 Å². The third-order valence-electron chi connectivity index (χ3n) is 4.33. The molecule has 0 unspecified atom stereocenters. The summed E-state index contributed by atoms with van der Waals surface area (Å²) in [4.78, 5) is 51.6. The van der Waals surface area contributed by atoms with Crippen LogP contribution in [0.15, 0.2) is 48.5 Å². The van der Waals surface area contributed by atoms with E-state index in [2.05, 4.69) is 20.4 Å². The Morgan fingerprint density at radius 1 is 1.03 bits per heavy atom. The molecule has 8 heteroatoms. The molecule has 2 aromatic carbocycles. The molecule has 0 aliphatic heterocycles. The zero-order valence-electron chi connectivity index (χ0n) is 15.9. The van der Waals surface area contributed by atoms with Crippen LogP contribution in [-0.4, -0.2) is 42.2 Å². The van der Waals surface area contributed by atoms with Crippen molar-refractivity contribution in [2.75, 3.05) is 19.0 Å². The van der Waals surface area contributed by atoms with E-state index in [0.717, 1.165) is 5.52 Å². The highest BCUT2D eigenvalue weighted by Gasteiger charge is 2.23. The molecule has 8 nitrogen and oxygen atoms in total. The number of esters is 1. The Balaban J connectivity index is 1.75. The van der Waals surface area contributed by atoms with Gasteiger partial charge < -0.3 is 20.4 Å². The van der Waals surface area contributed by atoms with Crippen LogP contribution in [0.3, 0.4) is 0 Å². The fraction of sp³-hybridized carbons (Fsp3) is 0.143. The van der Waals surface area contributed by atoms with Crippen LogP contribution in [-0.2, 0) is 14.3 Å². The lowest BCUT2D eigenvalue weighted by molar-refractivity contribution is -0.139. The molecule has 3 N–H and O–H groups in total. The smallest absolute Gasteiger partial charge is 0.325 e. The van der Waals surface area contributed by atoms with Crippen LogP contribution < -0.4 is 10.6 Å². The summed E-state index contributed by atoms with van der Waals surface area (Å²) in [6.45, 7) is 1.46. The number of aryl methyl sites for hydroxylation is 1. The Morgan fingerprint density at radius 2 is 1.79 bits per heavy atom. The Hall–Kier alpha value is -3.94. The molecular weight excluding hydrogens is 374 g/mol. The van der Waals surface area contributed by atoms with Gasteiger partial charge in [0.1, 0.15) is 6.54 Å². The molecule has 1 aromatic heterocycles. The highest BCUT2D eigenvalue weighted by Crippen LogP contribution is 2.23. The van der Waals surface area contributed by atoms with Crippen LogP contribution in [0.4, 0.5) is 5.69 Å². The van der Waals surface area contributed by atoms with Gasteiger partial charge in [0, 0.05) is 27.8 Å². The monoisotopic (exact) mass is 393 g/mol. The Labute approximate surface area is 166 Å². The van der Waals surface area contributed by atoms with Gasteiger partial charge in [0.05, 0.1) is 12.7 Å². The second-order valence-electron chi connectivity index (χ2n) is 6.29. The van der Waals surface area contributed by atoms with Crippen LogP contribution in [0.1, 0.15) is 26.4 Å². The van der Waals surface area contributed by atoms with Gasteiger partial charge in [0.15, 0.2) is 0 Å². The van der Waals surface area contributed by atoms with Gasteiger partial charge in [-0.15, -0.1) is 0 Å². The van der Waals surface area contributed by atoms with Crippen molar-refractivity contribution in [1.82, 2.24) is 10.3 Å². The lowest BCUT2D eigenvalue weighted by Gasteiger charge is -2.08. The highest BCUT2D eigenvalue weighted by atomic mass is 16.5. The van der Waals surface area contributed by atoms with E-state index in [4.69, 9.17) is 0 Å². The normalized spacial score (nSPS) is 10.4. The number of methoxy groups -OCH3 is 1. The number of aromatic nitrogens is 1. The zero-order valence-corrected chi connectivity index (χ0v) is 15.9. The molecule has 1 heterocycles. The van der Waals surface area contributed by atoms with E-state index >= 15 is 0 Å². The molecule has 0 aliphatic carbocycles. The lowest BCUT2D eigenvalue weighted by Crippen LogP contribution is -2.30. The number of benzene rings is 2. The Bertz CT molecular complexity index is 1120. The van der Waals surface area contributed by atoms with E-state index in [9.17, 15) is 19.2 Å². The van der Waals surface area contributed by atoms with Gasteiger partial charge in [0.25, 0.3) is 17.6 Å². The second-order valence-corrected chi connectivity index (χ2v) is 6.29. The number of para-hydroxylation sites is 1. The molecule has 0 saturated heterocycles. The number of carbonyl (C=O) groups excluding carboxylic acids is 4. The molecule has 0 atom stereocenters. The van der Waals surface area contributed by atoms with Crippen molar-refractivity contribution in [3.63, 3.8) is 0 Å². The number of rotatable bonds is 6. The number of ketones is 1. The number of nitrogens with one attached hydrogen (secondary N) is 3. The molecule has 0 fully saturated rings. The van der Waals surface area contributed by atoms with E-state index in [0.29, 0.717) is 16.6 Å². The van der Waals surface area contributed by atoms with Crippen LogP contribution in [0, 0.1) is 6.92 Å². The van der Waals surface area contributed by atoms with Crippen LogP contribution in [0.25, 0.3) is 10.9 Å². The molecular formula is C21H19N3O5. The van der Waals surface area contributed by atoms with Crippen LogP contribution >= 0.6 is 0 Å². The minimum absolute atomic E-state index is 0.224. The number of aromatic amines is 1. The first kappa shape index (κ1) is 19.8. The summed E-state index contributed by atoms with van der Waals surface area (Å²) in [7, 11) is 1.22. The van der Waals surface area contributed by atoms with Crippen molar-refractivity contribution >= 4 is 40.2 Å². The quantitative estimate of drug-likeness (QED) is 0.337. The predicted octanol–water partition coefficient (Wildman–Crippen LogP) is 2.20. The first-order valence-corrected chi connectivity index (χ1v) is 8.78. The summed E-state index contributed by atoms with van der Waals surface area (Å²) in [5.74, 6) is -2.58. The molecule has 29 heavy (non-hydrogen) atoms. The number of fused-ring (bicyclic) bond motifs is 1. The van der Waals surface area contributed by atoms with E-state index in [1.165, 1.54) is 19.2 Å². The summed E-state index contributed by atoms with van der Waals surface area (Å²) < 4.78 is 4.46. The summed E-state index contributed by atoms with van der Waals surface area (Å²) in [5, 5.41) is 5.59. The van der Waals surface area contributed by atoms with Crippen molar-refractivity contribution in [2.24, 2.45) is 0 Å². The molecule has 0 bridgehead atoms. The highest BCUT2D eigenvalue weighted by molar-refractivity contribution is 6.48. The third kappa shape index (κ3) is 4.32. The number of carbonyl (C=O) groups is 4. The minimum Gasteiger partial charge on any atom is -0.468 e. The number of anilines is 1. The van der Waals surface area contributed by atoms with Gasteiger partial charge in [-0.1, -0.05) is 24.3 Å². The van der Waals surface area contributed by atoms with Gasteiger partial charge in [-0.25, -0.2) is 0 Å². The molecule has 148 valence electrons. The largest absolute Gasteiger partial charge is 0.468 e. The number of H-pyrrole nitrogens is 1. The molecule has 0 radical (unpaired) electrons.